The van der Waals surface area contributed by atoms with Crippen molar-refractivity contribution in [2.24, 2.45) is 0 Å². The normalized spacial score (nSPS) is 10.9. The van der Waals surface area contributed by atoms with Crippen LogP contribution >= 0.6 is 7.60 Å². The van der Waals surface area contributed by atoms with Crippen LogP contribution in [0.4, 0.5) is 0 Å². The van der Waals surface area contributed by atoms with E-state index < -0.39 is 7.60 Å². The fourth-order valence-corrected chi connectivity index (χ4v) is 3.93. The van der Waals surface area contributed by atoms with Gasteiger partial charge in [0.1, 0.15) is 0 Å². The Bertz CT molecular complexity index is 311. The molecule has 0 unspecified atom stereocenters. The van der Waals surface area contributed by atoms with Crippen molar-refractivity contribution in [3.05, 3.63) is 6.92 Å². The zero-order valence-corrected chi connectivity index (χ0v) is 21.5. The summed E-state index contributed by atoms with van der Waals surface area (Å²) in [5, 5.41) is 0. The summed E-state index contributed by atoms with van der Waals surface area (Å²) in [5.41, 5.74) is 0. The van der Waals surface area contributed by atoms with Crippen LogP contribution in [0.3, 0.4) is 0 Å². The molecule has 2 N–H and O–H groups in total. The van der Waals surface area contributed by atoms with Crippen LogP contribution in [-0.2, 0) is 21.1 Å². The van der Waals surface area contributed by atoms with Gasteiger partial charge in [-0.2, -0.15) is 6.42 Å². The van der Waals surface area contributed by atoms with Crippen LogP contribution in [0.5, 0.6) is 0 Å². The standard InChI is InChI=1S/C12H27O3P.C12H25.Ni/c1-2-3-4-5-6-7-8-9-10-11-12-16(13,14)15;1-3-5-7-9-11-12-10-8-6-4-2;/h2-12H2,1H3,(H2,13,14,15);1,3-12H2,2H3;/q;-1;. The second-order valence-corrected chi connectivity index (χ2v) is 10.0. The molecule has 0 aliphatic carbocycles. The van der Waals surface area contributed by atoms with Gasteiger partial charge in [0, 0.05) is 22.7 Å². The van der Waals surface area contributed by atoms with Crippen molar-refractivity contribution in [1.29, 1.82) is 0 Å². The molecule has 0 fully saturated rings. The molecule has 0 amide bonds. The second kappa shape index (κ2) is 28.6. The third-order valence-corrected chi connectivity index (χ3v) is 6.06. The molecular formula is C24H52NiO3P-. The molecule has 0 saturated carbocycles. The van der Waals surface area contributed by atoms with Gasteiger partial charge in [0.05, 0.1) is 0 Å². The summed E-state index contributed by atoms with van der Waals surface area (Å²) in [6.45, 7) is 8.34. The van der Waals surface area contributed by atoms with Crippen LogP contribution in [0.25, 0.3) is 0 Å². The van der Waals surface area contributed by atoms with Crippen LogP contribution in [0.1, 0.15) is 142 Å². The number of hydrogen-bond acceptors (Lipinski definition) is 1. The molecule has 182 valence electrons. The van der Waals surface area contributed by atoms with Gasteiger partial charge in [-0.3, -0.25) is 4.57 Å². The average Bonchev–Trinajstić information content (AvgIpc) is 2.65. The van der Waals surface area contributed by atoms with Gasteiger partial charge in [0.2, 0.25) is 0 Å². The van der Waals surface area contributed by atoms with Gasteiger partial charge in [0.15, 0.2) is 0 Å². The van der Waals surface area contributed by atoms with Crippen LogP contribution in [0.15, 0.2) is 0 Å². The second-order valence-electron chi connectivity index (χ2n) is 8.25. The molecule has 5 heteroatoms. The summed E-state index contributed by atoms with van der Waals surface area (Å²) in [4.78, 5) is 17.3. The average molecular weight is 478 g/mol. The smallest absolute Gasteiger partial charge is 0.325 e. The fourth-order valence-electron chi connectivity index (χ4n) is 3.29. The Labute approximate surface area is 193 Å². The molecule has 0 saturated heterocycles. The van der Waals surface area contributed by atoms with E-state index in [1.54, 1.807) is 0 Å². The van der Waals surface area contributed by atoms with Crippen molar-refractivity contribution < 1.29 is 30.8 Å². The minimum absolute atomic E-state index is 0. The maximum absolute atomic E-state index is 10.6. The summed E-state index contributed by atoms with van der Waals surface area (Å²) in [7, 11) is -3.74. The molecule has 0 aromatic heterocycles. The Morgan fingerprint density at radius 2 is 0.828 bits per heavy atom. The number of unbranched alkanes of at least 4 members (excludes halogenated alkanes) is 18. The minimum atomic E-state index is -3.74. The molecule has 0 heterocycles. The Hall–Kier alpha value is 0.644. The van der Waals surface area contributed by atoms with Crippen LogP contribution in [0.2, 0.25) is 0 Å². The minimum Gasteiger partial charge on any atom is -0.343 e. The molecular weight excluding hydrogens is 426 g/mol. The van der Waals surface area contributed by atoms with E-state index in [2.05, 4.69) is 20.8 Å². The molecule has 0 spiro atoms. The van der Waals surface area contributed by atoms with E-state index >= 15 is 0 Å². The first-order chi connectivity index (χ1) is 13.5. The number of hydrogen-bond donors (Lipinski definition) is 2. The zero-order chi connectivity index (χ0) is 21.3. The first-order valence-corrected chi connectivity index (χ1v) is 14.1. The van der Waals surface area contributed by atoms with Gasteiger partial charge in [-0.15, -0.1) is 0 Å². The summed E-state index contributed by atoms with van der Waals surface area (Å²) in [6, 6.07) is 0. The molecule has 3 nitrogen and oxygen atoms in total. The van der Waals surface area contributed by atoms with E-state index in [1.165, 1.54) is 103 Å². The van der Waals surface area contributed by atoms with Gasteiger partial charge in [-0.05, 0) is 6.42 Å². The quantitative estimate of drug-likeness (QED) is 0.0796. The van der Waals surface area contributed by atoms with Gasteiger partial charge in [-0.1, -0.05) is 129 Å². The maximum atomic E-state index is 10.6. The van der Waals surface area contributed by atoms with Gasteiger partial charge in [0.25, 0.3) is 0 Å². The van der Waals surface area contributed by atoms with Crippen LogP contribution in [0, 0.1) is 6.92 Å². The van der Waals surface area contributed by atoms with E-state index in [9.17, 15) is 4.57 Å². The predicted molar refractivity (Wildman–Crippen MR) is 126 cm³/mol. The van der Waals surface area contributed by atoms with E-state index in [0.717, 1.165) is 19.3 Å². The van der Waals surface area contributed by atoms with E-state index in [1.807, 2.05) is 0 Å². The molecule has 0 atom stereocenters. The molecule has 29 heavy (non-hydrogen) atoms. The Balaban J connectivity index is -0.000000468. The Morgan fingerprint density at radius 1 is 0.552 bits per heavy atom. The van der Waals surface area contributed by atoms with E-state index in [-0.39, 0.29) is 22.7 Å². The Morgan fingerprint density at radius 3 is 1.10 bits per heavy atom. The topological polar surface area (TPSA) is 57.5 Å². The Kier molecular flexibility index (Phi) is 33.8. The van der Waals surface area contributed by atoms with Crippen molar-refractivity contribution in [3.8, 4) is 0 Å². The largest absolute Gasteiger partial charge is 0.343 e. The molecule has 0 radical (unpaired) electrons. The maximum Gasteiger partial charge on any atom is 0.325 e. The summed E-state index contributed by atoms with van der Waals surface area (Å²) in [5.74, 6) is 0. The zero-order valence-electron chi connectivity index (χ0n) is 19.6. The van der Waals surface area contributed by atoms with Gasteiger partial charge in [-0.25, -0.2) is 0 Å². The van der Waals surface area contributed by atoms with Crippen molar-refractivity contribution >= 4 is 7.60 Å². The first kappa shape index (κ1) is 34.3. The van der Waals surface area contributed by atoms with Crippen molar-refractivity contribution in [2.45, 2.75) is 142 Å². The summed E-state index contributed by atoms with van der Waals surface area (Å²) >= 11 is 0. The third kappa shape index (κ3) is 39.7. The molecule has 0 aliphatic heterocycles. The SMILES string of the molecule is CCCCCCCCCCCCP(=O)(O)O.[CH2-]CCCCCCCCCCC.[Ni]. The summed E-state index contributed by atoms with van der Waals surface area (Å²) in [6.07, 6.45) is 25.8. The molecule has 0 aromatic carbocycles. The monoisotopic (exact) mass is 477 g/mol. The molecule has 0 aromatic rings. The van der Waals surface area contributed by atoms with E-state index in [4.69, 9.17) is 9.79 Å². The molecule has 0 rings (SSSR count). The van der Waals surface area contributed by atoms with Gasteiger partial charge >= 0.3 is 7.60 Å². The number of rotatable bonds is 20. The van der Waals surface area contributed by atoms with E-state index in [0.29, 0.717) is 6.42 Å². The van der Waals surface area contributed by atoms with Crippen LogP contribution in [-0.4, -0.2) is 15.9 Å². The first-order valence-electron chi connectivity index (χ1n) is 12.3. The van der Waals surface area contributed by atoms with Crippen molar-refractivity contribution in [2.75, 3.05) is 6.16 Å². The molecule has 0 aliphatic rings. The third-order valence-electron chi connectivity index (χ3n) is 5.16. The summed E-state index contributed by atoms with van der Waals surface area (Å²) < 4.78 is 10.6. The molecule has 0 bridgehead atoms. The van der Waals surface area contributed by atoms with Crippen LogP contribution < -0.4 is 0 Å². The van der Waals surface area contributed by atoms with Gasteiger partial charge < -0.3 is 16.7 Å². The van der Waals surface area contributed by atoms with Crippen molar-refractivity contribution in [1.82, 2.24) is 0 Å². The fraction of sp³-hybridized carbons (Fsp3) is 0.958. The van der Waals surface area contributed by atoms with Crippen molar-refractivity contribution in [3.63, 3.8) is 0 Å². The predicted octanol–water partition coefficient (Wildman–Crippen LogP) is 8.82.